The largest absolute Gasteiger partial charge is 0.396 e. The second-order valence-electron chi connectivity index (χ2n) is 5.87. The smallest absolute Gasteiger partial charge is 0.228 e. The summed E-state index contributed by atoms with van der Waals surface area (Å²) < 4.78 is 14.3. The summed E-state index contributed by atoms with van der Waals surface area (Å²) in [5.74, 6) is -1.49. The summed E-state index contributed by atoms with van der Waals surface area (Å²) in [6.07, 6.45) is 0.435. The topological polar surface area (TPSA) is 49.3 Å². The summed E-state index contributed by atoms with van der Waals surface area (Å²) in [7, 11) is 0. The first-order valence-corrected chi connectivity index (χ1v) is 8.39. The third kappa shape index (κ3) is 3.41. The molecule has 1 saturated carbocycles. The highest BCUT2D eigenvalue weighted by atomic mass is 35.5. The highest BCUT2D eigenvalue weighted by Gasteiger charge is 2.55. The Hall–Kier alpha value is -1.62. The van der Waals surface area contributed by atoms with Crippen molar-refractivity contribution in [3.63, 3.8) is 0 Å². The third-order valence-electron chi connectivity index (χ3n) is 4.37. The van der Waals surface area contributed by atoms with Crippen molar-refractivity contribution >= 4 is 34.8 Å². The predicted octanol–water partition coefficient (Wildman–Crippen LogP) is 4.48. The minimum Gasteiger partial charge on any atom is -0.396 e. The van der Waals surface area contributed by atoms with Gasteiger partial charge in [0.1, 0.15) is 5.82 Å². The van der Waals surface area contributed by atoms with E-state index < -0.39 is 11.7 Å². The third-order valence-corrected chi connectivity index (χ3v) is 4.89. The van der Waals surface area contributed by atoms with Gasteiger partial charge in [0, 0.05) is 29.2 Å². The fourth-order valence-corrected chi connectivity index (χ4v) is 3.61. The van der Waals surface area contributed by atoms with Gasteiger partial charge in [-0.2, -0.15) is 0 Å². The number of aliphatic hydroxyl groups excluding tert-OH is 1. The summed E-state index contributed by atoms with van der Waals surface area (Å²) in [6, 6.07) is 11.6. The van der Waals surface area contributed by atoms with Gasteiger partial charge < -0.3 is 10.4 Å². The number of hydrogen-bond acceptors (Lipinski definition) is 2. The molecule has 3 nitrogen and oxygen atoms in total. The Labute approximate surface area is 149 Å². The summed E-state index contributed by atoms with van der Waals surface area (Å²) in [4.78, 5) is 12.6. The van der Waals surface area contributed by atoms with Crippen LogP contribution in [0.1, 0.15) is 17.9 Å². The number of carbonyl (C=O) groups is 1. The highest BCUT2D eigenvalue weighted by molar-refractivity contribution is 6.31. The van der Waals surface area contributed by atoms with Crippen LogP contribution in [0.15, 0.2) is 42.5 Å². The molecular weight excluding hydrogens is 352 g/mol. The van der Waals surface area contributed by atoms with Gasteiger partial charge in [-0.3, -0.25) is 4.79 Å². The molecule has 2 aromatic rings. The lowest BCUT2D eigenvalue weighted by Gasteiger charge is -2.06. The zero-order valence-electron chi connectivity index (χ0n) is 12.7. The quantitative estimate of drug-likeness (QED) is 0.818. The lowest BCUT2D eigenvalue weighted by Crippen LogP contribution is -2.15. The second kappa shape index (κ2) is 7.09. The number of halogens is 3. The summed E-state index contributed by atoms with van der Waals surface area (Å²) in [5.41, 5.74) is 1.01. The molecule has 1 fully saturated rings. The van der Waals surface area contributed by atoms with Gasteiger partial charge in [-0.15, -0.1) is 0 Å². The number of benzene rings is 2. The molecule has 0 spiro atoms. The first-order valence-electron chi connectivity index (χ1n) is 7.64. The van der Waals surface area contributed by atoms with Gasteiger partial charge in [-0.25, -0.2) is 4.39 Å². The van der Waals surface area contributed by atoms with E-state index in [1.165, 1.54) is 6.07 Å². The molecule has 3 unspecified atom stereocenters. The average Bonchev–Trinajstić information content (AvgIpc) is 3.24. The first-order chi connectivity index (χ1) is 11.5. The van der Waals surface area contributed by atoms with Crippen LogP contribution in [0.5, 0.6) is 0 Å². The Morgan fingerprint density at radius 3 is 2.67 bits per heavy atom. The van der Waals surface area contributed by atoms with E-state index in [1.807, 2.05) is 0 Å². The van der Waals surface area contributed by atoms with Crippen LogP contribution in [0.25, 0.3) is 0 Å². The Morgan fingerprint density at radius 2 is 1.96 bits per heavy atom. The van der Waals surface area contributed by atoms with Gasteiger partial charge in [0.05, 0.1) is 5.02 Å². The van der Waals surface area contributed by atoms with E-state index in [0.717, 1.165) is 0 Å². The van der Waals surface area contributed by atoms with Crippen molar-refractivity contribution in [2.75, 3.05) is 11.9 Å². The Morgan fingerprint density at radius 1 is 1.21 bits per heavy atom. The molecule has 0 bridgehead atoms. The van der Waals surface area contributed by atoms with Gasteiger partial charge >= 0.3 is 0 Å². The van der Waals surface area contributed by atoms with Crippen LogP contribution < -0.4 is 5.32 Å². The number of amides is 1. The predicted molar refractivity (Wildman–Crippen MR) is 92.9 cm³/mol. The summed E-state index contributed by atoms with van der Waals surface area (Å²) in [6.45, 7) is -0.0513. The number of anilines is 1. The molecule has 126 valence electrons. The van der Waals surface area contributed by atoms with Crippen LogP contribution in [0.2, 0.25) is 10.0 Å². The molecule has 24 heavy (non-hydrogen) atoms. The molecule has 2 aromatic carbocycles. The number of rotatable bonds is 5. The standard InChI is InChI=1S/C18H16Cl2FNO2/c19-10-3-1-4-11(9-10)22-18(24)16-12(7-8-23)15(16)13-5-2-6-14(20)17(13)21/h1-6,9,12,15-16,23H,7-8H2,(H,22,24). The summed E-state index contributed by atoms with van der Waals surface area (Å²) >= 11 is 11.8. The molecule has 0 aromatic heterocycles. The van der Waals surface area contributed by atoms with Gasteiger partial charge in [0.15, 0.2) is 0 Å². The number of aliphatic hydroxyl groups is 1. The van der Waals surface area contributed by atoms with Crippen LogP contribution in [0.4, 0.5) is 10.1 Å². The zero-order valence-corrected chi connectivity index (χ0v) is 14.2. The molecule has 3 rings (SSSR count). The number of carbonyl (C=O) groups excluding carboxylic acids is 1. The molecule has 2 N–H and O–H groups in total. The number of hydrogen-bond donors (Lipinski definition) is 2. The zero-order chi connectivity index (χ0) is 17.3. The molecule has 0 heterocycles. The molecule has 0 radical (unpaired) electrons. The first kappa shape index (κ1) is 17.2. The molecule has 6 heteroatoms. The monoisotopic (exact) mass is 367 g/mol. The van der Waals surface area contributed by atoms with E-state index in [2.05, 4.69) is 5.32 Å². The Kier molecular flexibility index (Phi) is 5.09. The van der Waals surface area contributed by atoms with E-state index in [9.17, 15) is 14.3 Å². The second-order valence-corrected chi connectivity index (χ2v) is 6.71. The van der Waals surface area contributed by atoms with Crippen LogP contribution in [0, 0.1) is 17.7 Å². The maximum absolute atomic E-state index is 14.3. The van der Waals surface area contributed by atoms with Crippen molar-refractivity contribution in [3.8, 4) is 0 Å². The fourth-order valence-electron chi connectivity index (χ4n) is 3.23. The molecule has 1 aliphatic rings. The van der Waals surface area contributed by atoms with E-state index in [4.69, 9.17) is 23.2 Å². The number of nitrogens with one attached hydrogen (secondary N) is 1. The van der Waals surface area contributed by atoms with E-state index in [0.29, 0.717) is 22.7 Å². The van der Waals surface area contributed by atoms with Crippen molar-refractivity contribution in [1.29, 1.82) is 0 Å². The maximum atomic E-state index is 14.3. The van der Waals surface area contributed by atoms with Crippen molar-refractivity contribution in [2.24, 2.45) is 11.8 Å². The molecule has 0 aliphatic heterocycles. The van der Waals surface area contributed by atoms with Crippen molar-refractivity contribution in [3.05, 3.63) is 63.9 Å². The Balaban J connectivity index is 1.81. The van der Waals surface area contributed by atoms with Gasteiger partial charge in [-0.05, 0) is 42.2 Å². The van der Waals surface area contributed by atoms with Crippen LogP contribution in [-0.2, 0) is 4.79 Å². The molecule has 1 aliphatic carbocycles. The highest BCUT2D eigenvalue weighted by Crippen LogP contribution is 2.57. The van der Waals surface area contributed by atoms with Crippen LogP contribution in [-0.4, -0.2) is 17.6 Å². The molecular formula is C18H16Cl2FNO2. The summed E-state index contributed by atoms with van der Waals surface area (Å²) in [5, 5.41) is 12.6. The van der Waals surface area contributed by atoms with Gasteiger partial charge in [-0.1, -0.05) is 41.4 Å². The van der Waals surface area contributed by atoms with E-state index in [1.54, 1.807) is 36.4 Å². The van der Waals surface area contributed by atoms with E-state index in [-0.39, 0.29) is 29.4 Å². The van der Waals surface area contributed by atoms with Crippen molar-refractivity contribution < 1.29 is 14.3 Å². The van der Waals surface area contributed by atoms with Gasteiger partial charge in [0.25, 0.3) is 0 Å². The SMILES string of the molecule is O=C(Nc1cccc(Cl)c1)C1C(CCO)C1c1cccc(Cl)c1F. The van der Waals surface area contributed by atoms with Gasteiger partial charge in [0.2, 0.25) is 5.91 Å². The van der Waals surface area contributed by atoms with Crippen molar-refractivity contribution in [1.82, 2.24) is 0 Å². The van der Waals surface area contributed by atoms with E-state index >= 15 is 0 Å². The molecule has 0 saturated heterocycles. The van der Waals surface area contributed by atoms with Crippen LogP contribution in [0.3, 0.4) is 0 Å². The average molecular weight is 368 g/mol. The lowest BCUT2D eigenvalue weighted by atomic mass is 10.1. The van der Waals surface area contributed by atoms with Crippen LogP contribution >= 0.6 is 23.2 Å². The lowest BCUT2D eigenvalue weighted by molar-refractivity contribution is -0.117. The maximum Gasteiger partial charge on any atom is 0.228 e. The minimum atomic E-state index is -0.495. The molecule has 3 atom stereocenters. The fraction of sp³-hybridized carbons (Fsp3) is 0.278. The van der Waals surface area contributed by atoms with Crippen molar-refractivity contribution in [2.45, 2.75) is 12.3 Å². The molecule has 1 amide bonds. The normalized spacial score (nSPS) is 22.2. The minimum absolute atomic E-state index is 0.0381. The Bertz CT molecular complexity index is 768.